The molecule has 2 rings (SSSR count). The van der Waals surface area contributed by atoms with E-state index in [1.165, 1.54) is 25.5 Å². The van der Waals surface area contributed by atoms with Crippen LogP contribution in [0.15, 0.2) is 10.7 Å². The number of likely N-dealkylation sites (N-methyl/N-ethyl adjacent to an activating group) is 1. The van der Waals surface area contributed by atoms with Gasteiger partial charge in [-0.05, 0) is 26.4 Å². The van der Waals surface area contributed by atoms with E-state index in [1.807, 2.05) is 0 Å². The topological polar surface area (TPSA) is 46.3 Å². The lowest BCUT2D eigenvalue weighted by Gasteiger charge is -2.31. The molecule has 1 aromatic rings. The summed E-state index contributed by atoms with van der Waals surface area (Å²) in [5.74, 6) is 0.677. The molecule has 0 aliphatic carbocycles. The normalized spacial score (nSPS) is 22.9. The first-order valence-corrected chi connectivity index (χ1v) is 5.39. The second kappa shape index (κ2) is 4.57. The van der Waals surface area contributed by atoms with Crippen LogP contribution in [0.5, 0.6) is 0 Å². The lowest BCUT2D eigenvalue weighted by atomic mass is 10.0. The predicted octanol–water partition coefficient (Wildman–Crippen LogP) is 1.51. The number of aldehydes is 1. The second-order valence-electron chi connectivity index (χ2n) is 4.12. The third-order valence-corrected chi connectivity index (χ3v) is 3.02. The quantitative estimate of drug-likeness (QED) is 0.706. The van der Waals surface area contributed by atoms with Crippen LogP contribution in [0.2, 0.25) is 0 Å². The second-order valence-corrected chi connectivity index (χ2v) is 4.12. The van der Waals surface area contributed by atoms with Crippen molar-refractivity contribution in [2.24, 2.45) is 0 Å². The SMILES string of the molecule is CN1CCCCC1Cc1nc(C=O)co1. The molecule has 0 radical (unpaired) electrons. The van der Waals surface area contributed by atoms with Gasteiger partial charge in [0.1, 0.15) is 12.0 Å². The van der Waals surface area contributed by atoms with Gasteiger partial charge in [-0.2, -0.15) is 0 Å². The molecule has 2 heterocycles. The number of aromatic nitrogens is 1. The molecule has 15 heavy (non-hydrogen) atoms. The Morgan fingerprint density at radius 2 is 2.53 bits per heavy atom. The van der Waals surface area contributed by atoms with Crippen LogP contribution in [0.4, 0.5) is 0 Å². The molecule has 1 atom stereocenters. The van der Waals surface area contributed by atoms with Crippen molar-refractivity contribution in [2.45, 2.75) is 31.7 Å². The van der Waals surface area contributed by atoms with Crippen LogP contribution in [-0.4, -0.2) is 35.8 Å². The Morgan fingerprint density at radius 3 is 3.20 bits per heavy atom. The van der Waals surface area contributed by atoms with Gasteiger partial charge in [-0.1, -0.05) is 6.42 Å². The average Bonchev–Trinajstić information content (AvgIpc) is 2.69. The first-order chi connectivity index (χ1) is 7.29. The molecule has 1 saturated heterocycles. The summed E-state index contributed by atoms with van der Waals surface area (Å²) >= 11 is 0. The summed E-state index contributed by atoms with van der Waals surface area (Å²) in [6.07, 6.45) is 6.69. The minimum atomic E-state index is 0.392. The predicted molar refractivity (Wildman–Crippen MR) is 55.9 cm³/mol. The largest absolute Gasteiger partial charge is 0.448 e. The van der Waals surface area contributed by atoms with Crippen molar-refractivity contribution in [2.75, 3.05) is 13.6 Å². The molecule has 1 fully saturated rings. The number of hydrogen-bond acceptors (Lipinski definition) is 4. The summed E-state index contributed by atoms with van der Waals surface area (Å²) in [5, 5.41) is 0. The molecule has 0 N–H and O–H groups in total. The van der Waals surface area contributed by atoms with Crippen molar-refractivity contribution in [1.29, 1.82) is 0 Å². The van der Waals surface area contributed by atoms with Gasteiger partial charge >= 0.3 is 0 Å². The smallest absolute Gasteiger partial charge is 0.196 e. The van der Waals surface area contributed by atoms with Crippen molar-refractivity contribution < 1.29 is 9.21 Å². The minimum absolute atomic E-state index is 0.392. The van der Waals surface area contributed by atoms with E-state index in [1.54, 1.807) is 0 Å². The molecule has 1 unspecified atom stereocenters. The zero-order chi connectivity index (χ0) is 10.7. The van der Waals surface area contributed by atoms with Crippen LogP contribution >= 0.6 is 0 Å². The van der Waals surface area contributed by atoms with E-state index in [-0.39, 0.29) is 0 Å². The van der Waals surface area contributed by atoms with Gasteiger partial charge < -0.3 is 9.32 Å². The molecule has 0 aromatic carbocycles. The van der Waals surface area contributed by atoms with Crippen LogP contribution in [0.3, 0.4) is 0 Å². The zero-order valence-electron chi connectivity index (χ0n) is 8.98. The maximum atomic E-state index is 10.4. The van der Waals surface area contributed by atoms with Crippen molar-refractivity contribution in [3.63, 3.8) is 0 Å². The van der Waals surface area contributed by atoms with E-state index >= 15 is 0 Å². The number of nitrogens with zero attached hydrogens (tertiary/aromatic N) is 2. The van der Waals surface area contributed by atoms with Crippen molar-refractivity contribution in [3.8, 4) is 0 Å². The number of rotatable bonds is 3. The third-order valence-electron chi connectivity index (χ3n) is 3.02. The highest BCUT2D eigenvalue weighted by Gasteiger charge is 2.21. The highest BCUT2D eigenvalue weighted by atomic mass is 16.3. The summed E-state index contributed by atoms with van der Waals surface area (Å²) in [5.41, 5.74) is 0.392. The molecule has 0 amide bonds. The molecule has 82 valence electrons. The fourth-order valence-electron chi connectivity index (χ4n) is 2.08. The van der Waals surface area contributed by atoms with Gasteiger partial charge in [-0.25, -0.2) is 4.98 Å². The summed E-state index contributed by atoms with van der Waals surface area (Å²) < 4.78 is 5.24. The molecule has 4 nitrogen and oxygen atoms in total. The lowest BCUT2D eigenvalue weighted by molar-refractivity contribution is 0.111. The molecular weight excluding hydrogens is 192 g/mol. The van der Waals surface area contributed by atoms with Crippen LogP contribution in [0.25, 0.3) is 0 Å². The fraction of sp³-hybridized carbons (Fsp3) is 0.636. The summed E-state index contributed by atoms with van der Waals surface area (Å²) in [6.45, 7) is 1.14. The number of carbonyl (C=O) groups is 1. The van der Waals surface area contributed by atoms with Gasteiger partial charge in [0.05, 0.1) is 0 Å². The highest BCUT2D eigenvalue weighted by molar-refractivity contribution is 5.70. The van der Waals surface area contributed by atoms with Crippen molar-refractivity contribution in [1.82, 2.24) is 9.88 Å². The minimum Gasteiger partial charge on any atom is -0.448 e. The van der Waals surface area contributed by atoms with E-state index < -0.39 is 0 Å². The molecule has 0 spiro atoms. The molecule has 1 aliphatic rings. The Labute approximate surface area is 89.3 Å². The average molecular weight is 208 g/mol. The molecule has 4 heteroatoms. The highest BCUT2D eigenvalue weighted by Crippen LogP contribution is 2.18. The van der Waals surface area contributed by atoms with E-state index in [9.17, 15) is 4.79 Å². The van der Waals surface area contributed by atoms with E-state index in [4.69, 9.17) is 4.42 Å². The maximum absolute atomic E-state index is 10.4. The summed E-state index contributed by atoms with van der Waals surface area (Å²) in [7, 11) is 2.13. The van der Waals surface area contributed by atoms with Crippen molar-refractivity contribution in [3.05, 3.63) is 17.8 Å². The number of oxazole rings is 1. The van der Waals surface area contributed by atoms with Crippen LogP contribution < -0.4 is 0 Å². The Kier molecular flexibility index (Phi) is 3.16. The lowest BCUT2D eigenvalue weighted by Crippen LogP contribution is -2.37. The van der Waals surface area contributed by atoms with Gasteiger partial charge in [0, 0.05) is 12.5 Å². The van der Waals surface area contributed by atoms with Gasteiger partial charge in [0.15, 0.2) is 12.2 Å². The Hall–Kier alpha value is -1.16. The monoisotopic (exact) mass is 208 g/mol. The Balaban J connectivity index is 1.97. The standard InChI is InChI=1S/C11H16N2O2/c1-13-5-3-2-4-10(13)6-11-12-9(7-14)8-15-11/h7-8,10H,2-6H2,1H3. The fourth-order valence-corrected chi connectivity index (χ4v) is 2.08. The molecule has 1 aromatic heterocycles. The Bertz CT molecular complexity index is 335. The summed E-state index contributed by atoms with van der Waals surface area (Å²) in [6, 6.07) is 0.511. The molecule has 1 aliphatic heterocycles. The third kappa shape index (κ3) is 2.45. The van der Waals surface area contributed by atoms with Crippen molar-refractivity contribution >= 4 is 6.29 Å². The number of hydrogen-bond donors (Lipinski definition) is 0. The number of carbonyl (C=O) groups excluding carboxylic acids is 1. The van der Waals surface area contributed by atoms with Crippen LogP contribution in [0, 0.1) is 0 Å². The first-order valence-electron chi connectivity index (χ1n) is 5.39. The van der Waals surface area contributed by atoms with Gasteiger partial charge in [-0.3, -0.25) is 4.79 Å². The van der Waals surface area contributed by atoms with E-state index in [0.717, 1.165) is 19.3 Å². The van der Waals surface area contributed by atoms with E-state index in [0.29, 0.717) is 17.6 Å². The number of likely N-dealkylation sites (tertiary alicyclic amines) is 1. The molecule has 0 saturated carbocycles. The van der Waals surface area contributed by atoms with Gasteiger partial charge in [0.2, 0.25) is 0 Å². The maximum Gasteiger partial charge on any atom is 0.196 e. The van der Waals surface area contributed by atoms with Crippen LogP contribution in [0.1, 0.15) is 35.6 Å². The van der Waals surface area contributed by atoms with E-state index in [2.05, 4.69) is 16.9 Å². The number of piperidine rings is 1. The zero-order valence-corrected chi connectivity index (χ0v) is 8.98. The Morgan fingerprint density at radius 1 is 1.67 bits per heavy atom. The molecule has 0 bridgehead atoms. The molecular formula is C11H16N2O2. The first kappa shape index (κ1) is 10.4. The van der Waals surface area contributed by atoms with Gasteiger partial charge in [0.25, 0.3) is 0 Å². The summed E-state index contributed by atoms with van der Waals surface area (Å²) in [4.78, 5) is 16.9. The van der Waals surface area contributed by atoms with Crippen LogP contribution in [-0.2, 0) is 6.42 Å². The van der Waals surface area contributed by atoms with Gasteiger partial charge in [-0.15, -0.1) is 0 Å².